The molecule has 3 heteroatoms. The van der Waals surface area contributed by atoms with E-state index in [1.807, 2.05) is 19.1 Å². The van der Waals surface area contributed by atoms with Crippen LogP contribution >= 0.6 is 0 Å². The molecule has 0 amide bonds. The molecule has 2 N–H and O–H groups in total. The Morgan fingerprint density at radius 2 is 1.71 bits per heavy atom. The first-order valence-electron chi connectivity index (χ1n) is 10.1. The van der Waals surface area contributed by atoms with Crippen molar-refractivity contribution in [3.05, 3.63) is 58.7 Å². The minimum absolute atomic E-state index is 0.0985. The minimum Gasteiger partial charge on any atom is -0.481 e. The summed E-state index contributed by atoms with van der Waals surface area (Å²) < 4.78 is 0. The zero-order valence-electron chi connectivity index (χ0n) is 19.1. The van der Waals surface area contributed by atoms with Crippen molar-refractivity contribution < 1.29 is 15.0 Å². The highest BCUT2D eigenvalue weighted by atomic mass is 16.4. The first-order chi connectivity index (χ1) is 12.8. The Morgan fingerprint density at radius 3 is 2.18 bits per heavy atom. The third kappa shape index (κ3) is 10.5. The van der Waals surface area contributed by atoms with Gasteiger partial charge in [0.2, 0.25) is 0 Å². The predicted octanol–water partition coefficient (Wildman–Crippen LogP) is 6.63. The highest BCUT2D eigenvalue weighted by Gasteiger charge is 2.26. The molecule has 0 aliphatic heterocycles. The van der Waals surface area contributed by atoms with Crippen LogP contribution in [0.3, 0.4) is 0 Å². The molecule has 0 atom stereocenters. The lowest BCUT2D eigenvalue weighted by Gasteiger charge is -2.32. The topological polar surface area (TPSA) is 57.5 Å². The zero-order valence-corrected chi connectivity index (χ0v) is 19.1. The molecule has 0 saturated heterocycles. The number of aliphatic hydroxyl groups excluding tert-OH is 1. The van der Waals surface area contributed by atoms with Crippen molar-refractivity contribution in [1.29, 1.82) is 0 Å². The van der Waals surface area contributed by atoms with E-state index in [9.17, 15) is 4.79 Å². The van der Waals surface area contributed by atoms with Crippen LogP contribution in [-0.4, -0.2) is 22.8 Å². The molecule has 0 bridgehead atoms. The second-order valence-corrected chi connectivity index (χ2v) is 9.22. The van der Waals surface area contributed by atoms with Gasteiger partial charge in [0, 0.05) is 0 Å². The van der Waals surface area contributed by atoms with Gasteiger partial charge in [0.1, 0.15) is 0 Å². The second kappa shape index (κ2) is 11.9. The Balaban J connectivity index is 0.000000887. The Bertz CT molecular complexity index is 662. The molecule has 1 aliphatic carbocycles. The van der Waals surface area contributed by atoms with E-state index in [0.717, 1.165) is 5.57 Å². The minimum atomic E-state index is -0.757. The third-order valence-corrected chi connectivity index (χ3v) is 4.83. The molecule has 0 heterocycles. The highest BCUT2D eigenvalue weighted by molar-refractivity contribution is 5.72. The quantitative estimate of drug-likeness (QED) is 0.520. The first kappa shape index (κ1) is 26.1. The summed E-state index contributed by atoms with van der Waals surface area (Å²) in [7, 11) is 0. The van der Waals surface area contributed by atoms with Crippen LogP contribution in [0.4, 0.5) is 0 Å². The van der Waals surface area contributed by atoms with Crippen molar-refractivity contribution in [2.75, 3.05) is 6.61 Å². The van der Waals surface area contributed by atoms with Gasteiger partial charge in [0.05, 0.1) is 12.0 Å². The maximum Gasteiger partial charge on any atom is 0.308 e. The SMILES string of the molecule is CC(C)(C)C(=O)O.CC(C=CC1=C(C)CCCC1(C)C)=CC=CC(C)=CCO. The fraction of sp³-hybridized carbons (Fsp3) is 0.560. The molecular weight excluding hydrogens is 348 g/mol. The van der Waals surface area contributed by atoms with Crippen LogP contribution in [0.5, 0.6) is 0 Å². The van der Waals surface area contributed by atoms with E-state index >= 15 is 0 Å². The molecule has 0 aromatic carbocycles. The smallest absolute Gasteiger partial charge is 0.308 e. The summed E-state index contributed by atoms with van der Waals surface area (Å²) in [6, 6.07) is 0. The fourth-order valence-corrected chi connectivity index (χ4v) is 2.84. The number of hydrogen-bond donors (Lipinski definition) is 2. The van der Waals surface area contributed by atoms with Gasteiger partial charge in [0.15, 0.2) is 0 Å². The monoisotopic (exact) mass is 388 g/mol. The first-order valence-corrected chi connectivity index (χ1v) is 10.1. The maximum absolute atomic E-state index is 10.0. The van der Waals surface area contributed by atoms with Crippen LogP contribution < -0.4 is 0 Å². The van der Waals surface area contributed by atoms with Crippen molar-refractivity contribution in [2.45, 2.75) is 74.7 Å². The maximum atomic E-state index is 10.0. The Kier molecular flexibility index (Phi) is 11.1. The largest absolute Gasteiger partial charge is 0.481 e. The number of carboxylic acid groups (broad SMARTS) is 1. The number of carboxylic acids is 1. The van der Waals surface area contributed by atoms with Crippen LogP contribution in [0.25, 0.3) is 0 Å². The summed E-state index contributed by atoms with van der Waals surface area (Å²) in [5.41, 5.74) is 5.08. The lowest BCUT2D eigenvalue weighted by Crippen LogP contribution is -2.19. The van der Waals surface area contributed by atoms with Gasteiger partial charge in [0.25, 0.3) is 0 Å². The Morgan fingerprint density at radius 1 is 1.14 bits per heavy atom. The molecule has 0 saturated carbocycles. The van der Waals surface area contributed by atoms with E-state index in [4.69, 9.17) is 10.2 Å². The van der Waals surface area contributed by atoms with Gasteiger partial charge in [-0.2, -0.15) is 0 Å². The predicted molar refractivity (Wildman–Crippen MR) is 120 cm³/mol. The number of aliphatic carboxylic acids is 1. The van der Waals surface area contributed by atoms with Crippen molar-refractivity contribution >= 4 is 5.97 Å². The van der Waals surface area contributed by atoms with Crippen LogP contribution in [0, 0.1) is 10.8 Å². The van der Waals surface area contributed by atoms with Gasteiger partial charge in [-0.25, -0.2) is 0 Å². The average molecular weight is 389 g/mol. The second-order valence-electron chi connectivity index (χ2n) is 9.22. The average Bonchev–Trinajstić information content (AvgIpc) is 2.53. The van der Waals surface area contributed by atoms with E-state index in [0.29, 0.717) is 5.41 Å². The van der Waals surface area contributed by atoms with Crippen LogP contribution in [-0.2, 0) is 4.79 Å². The number of allylic oxidation sites excluding steroid dienone is 9. The fourth-order valence-electron chi connectivity index (χ4n) is 2.84. The number of carbonyl (C=O) groups is 1. The molecule has 3 nitrogen and oxygen atoms in total. The van der Waals surface area contributed by atoms with E-state index in [-0.39, 0.29) is 6.61 Å². The third-order valence-electron chi connectivity index (χ3n) is 4.83. The highest BCUT2D eigenvalue weighted by Crippen LogP contribution is 2.40. The Labute approximate surface area is 172 Å². The van der Waals surface area contributed by atoms with E-state index in [2.05, 4.69) is 45.9 Å². The summed E-state index contributed by atoms with van der Waals surface area (Å²) in [5.74, 6) is -0.757. The van der Waals surface area contributed by atoms with Crippen molar-refractivity contribution in [1.82, 2.24) is 0 Å². The lowest BCUT2D eigenvalue weighted by molar-refractivity contribution is -0.145. The normalized spacial score (nSPS) is 18.5. The van der Waals surface area contributed by atoms with Gasteiger partial charge in [-0.15, -0.1) is 0 Å². The molecule has 0 spiro atoms. The lowest BCUT2D eigenvalue weighted by atomic mass is 9.72. The molecule has 0 fully saturated rings. The molecule has 158 valence electrons. The summed E-state index contributed by atoms with van der Waals surface area (Å²) in [5, 5.41) is 17.1. The summed E-state index contributed by atoms with van der Waals surface area (Å²) in [6.07, 6.45) is 16.3. The Hall–Kier alpha value is -1.87. The van der Waals surface area contributed by atoms with Crippen molar-refractivity contribution in [2.24, 2.45) is 10.8 Å². The molecular formula is C25H40O3. The molecule has 28 heavy (non-hydrogen) atoms. The molecule has 0 aromatic rings. The van der Waals surface area contributed by atoms with Crippen LogP contribution in [0.2, 0.25) is 0 Å². The summed E-state index contributed by atoms with van der Waals surface area (Å²) >= 11 is 0. The molecule has 0 aromatic heterocycles. The van der Waals surface area contributed by atoms with Crippen molar-refractivity contribution in [3.8, 4) is 0 Å². The summed E-state index contributed by atoms with van der Waals surface area (Å²) in [4.78, 5) is 10.0. The number of rotatable bonds is 5. The number of hydrogen-bond acceptors (Lipinski definition) is 2. The van der Waals surface area contributed by atoms with Gasteiger partial charge in [-0.3, -0.25) is 4.79 Å². The van der Waals surface area contributed by atoms with E-state index in [1.54, 1.807) is 26.8 Å². The van der Waals surface area contributed by atoms with Gasteiger partial charge in [-0.1, -0.05) is 67.0 Å². The van der Waals surface area contributed by atoms with Gasteiger partial charge < -0.3 is 10.2 Å². The molecule has 0 unspecified atom stereocenters. The van der Waals surface area contributed by atoms with E-state index < -0.39 is 11.4 Å². The van der Waals surface area contributed by atoms with E-state index in [1.165, 1.54) is 36.0 Å². The molecule has 1 aliphatic rings. The van der Waals surface area contributed by atoms with Gasteiger partial charge >= 0.3 is 5.97 Å². The zero-order chi connectivity index (χ0) is 22.0. The molecule has 1 rings (SSSR count). The molecule has 0 radical (unpaired) electrons. The van der Waals surface area contributed by atoms with Crippen molar-refractivity contribution in [3.63, 3.8) is 0 Å². The van der Waals surface area contributed by atoms with Crippen LogP contribution in [0.15, 0.2) is 58.7 Å². The number of aliphatic hydroxyl groups is 1. The summed E-state index contributed by atoms with van der Waals surface area (Å²) in [6.45, 7) is 16.2. The standard InChI is InChI=1S/C20H30O.C5H10O2/c1-16(8-6-9-17(2)13-15-21)11-12-19-18(3)10-7-14-20(19,4)5;1-5(2,3)4(6)7/h6,8-9,11-13,21H,7,10,14-15H2,1-5H3;1-3H3,(H,6,7). The van der Waals surface area contributed by atoms with Crippen LogP contribution in [0.1, 0.15) is 74.7 Å². The van der Waals surface area contributed by atoms with Gasteiger partial charge in [-0.05, 0) is 71.8 Å².